The van der Waals surface area contributed by atoms with Gasteiger partial charge in [-0.2, -0.15) is 0 Å². The summed E-state index contributed by atoms with van der Waals surface area (Å²) in [4.78, 5) is 10.3. The fourth-order valence-electron chi connectivity index (χ4n) is 0.416. The van der Waals surface area contributed by atoms with Crippen LogP contribution < -0.4 is 0 Å². The molecule has 11 heavy (non-hydrogen) atoms. The topological polar surface area (TPSA) is 76.2 Å². The number of aromatic nitrogens is 2. The first-order valence-corrected chi connectivity index (χ1v) is 3.73. The molecule has 1 aromatic rings. The lowest BCUT2D eigenvalue weighted by Crippen LogP contribution is -2.10. The average Bonchev–Trinajstić information content (AvgIpc) is 2.39. The van der Waals surface area contributed by atoms with E-state index in [1.807, 2.05) is 0 Å². The molecule has 1 aromatic heterocycles. The van der Waals surface area contributed by atoms with E-state index >= 15 is 0 Å². The van der Waals surface area contributed by atoms with Crippen molar-refractivity contribution in [1.29, 1.82) is 0 Å². The van der Waals surface area contributed by atoms with E-state index in [2.05, 4.69) is 10.2 Å². The number of carbonyl (C=O) groups is 1. The number of aliphatic carboxylic acids is 1. The summed E-state index contributed by atoms with van der Waals surface area (Å²) in [5.74, 6) is -0.895. The van der Waals surface area contributed by atoms with E-state index < -0.39 is 11.2 Å². The molecular weight excluding hydrogens is 168 g/mol. The quantitative estimate of drug-likeness (QED) is 0.677. The third kappa shape index (κ3) is 2.23. The summed E-state index contributed by atoms with van der Waals surface area (Å²) in [6.07, 6.45) is 1.16. The standard InChI is InChI=1S/C5H6N2O3S/c1-3(4(8)9)11-5-7-6-2-10-5/h2-3H,1H3,(H,8,9). The molecule has 0 aromatic carbocycles. The van der Waals surface area contributed by atoms with E-state index in [9.17, 15) is 4.79 Å². The van der Waals surface area contributed by atoms with Crippen LogP contribution in [-0.2, 0) is 4.79 Å². The predicted octanol–water partition coefficient (Wildman–Crippen LogP) is 0.635. The molecule has 1 N–H and O–H groups in total. The summed E-state index contributed by atoms with van der Waals surface area (Å²) >= 11 is 1.02. The zero-order valence-corrected chi connectivity index (χ0v) is 6.54. The number of thioether (sulfide) groups is 1. The molecule has 0 saturated carbocycles. The molecule has 60 valence electrons. The lowest BCUT2D eigenvalue weighted by Gasteiger charge is -1.98. The van der Waals surface area contributed by atoms with Crippen molar-refractivity contribution >= 4 is 17.7 Å². The number of carboxylic acids is 1. The van der Waals surface area contributed by atoms with Crippen molar-refractivity contribution in [2.45, 2.75) is 17.4 Å². The second-order valence-electron chi connectivity index (χ2n) is 1.80. The van der Waals surface area contributed by atoms with Gasteiger partial charge in [-0.1, -0.05) is 11.8 Å². The highest BCUT2D eigenvalue weighted by molar-refractivity contribution is 8.00. The van der Waals surface area contributed by atoms with Gasteiger partial charge in [0.15, 0.2) is 0 Å². The minimum atomic E-state index is -0.895. The van der Waals surface area contributed by atoms with Crippen molar-refractivity contribution in [3.05, 3.63) is 6.39 Å². The molecule has 0 aliphatic heterocycles. The van der Waals surface area contributed by atoms with Gasteiger partial charge in [0.05, 0.1) is 0 Å². The van der Waals surface area contributed by atoms with Crippen LogP contribution in [0.5, 0.6) is 0 Å². The Kier molecular flexibility index (Phi) is 2.48. The van der Waals surface area contributed by atoms with Crippen LogP contribution in [0.25, 0.3) is 0 Å². The second-order valence-corrected chi connectivity index (χ2v) is 3.10. The first kappa shape index (κ1) is 8.06. The lowest BCUT2D eigenvalue weighted by atomic mass is 10.5. The molecule has 0 fully saturated rings. The molecular formula is C5H6N2O3S. The first-order chi connectivity index (χ1) is 5.20. The van der Waals surface area contributed by atoms with Crippen LogP contribution in [0.4, 0.5) is 0 Å². The van der Waals surface area contributed by atoms with E-state index in [1.54, 1.807) is 6.92 Å². The van der Waals surface area contributed by atoms with Crippen molar-refractivity contribution in [2.24, 2.45) is 0 Å². The van der Waals surface area contributed by atoms with E-state index in [-0.39, 0.29) is 5.22 Å². The van der Waals surface area contributed by atoms with E-state index in [1.165, 1.54) is 0 Å². The lowest BCUT2D eigenvalue weighted by molar-refractivity contribution is -0.136. The highest BCUT2D eigenvalue weighted by Gasteiger charge is 2.14. The van der Waals surface area contributed by atoms with Crippen LogP contribution in [0.15, 0.2) is 16.0 Å². The van der Waals surface area contributed by atoms with Gasteiger partial charge < -0.3 is 9.52 Å². The summed E-state index contributed by atoms with van der Waals surface area (Å²) in [6.45, 7) is 1.55. The molecule has 1 atom stereocenters. The molecule has 0 saturated heterocycles. The number of carboxylic acid groups (broad SMARTS) is 1. The number of hydrogen-bond acceptors (Lipinski definition) is 5. The summed E-state index contributed by atoms with van der Waals surface area (Å²) in [5, 5.41) is 15.1. The predicted molar refractivity (Wildman–Crippen MR) is 37.3 cm³/mol. The van der Waals surface area contributed by atoms with Crippen molar-refractivity contribution in [3.8, 4) is 0 Å². The Labute approximate surface area is 66.8 Å². The summed E-state index contributed by atoms with van der Waals surface area (Å²) in [5.41, 5.74) is 0. The summed E-state index contributed by atoms with van der Waals surface area (Å²) in [6, 6.07) is 0. The van der Waals surface area contributed by atoms with Crippen LogP contribution in [0, 0.1) is 0 Å². The number of hydrogen-bond donors (Lipinski definition) is 1. The number of rotatable bonds is 3. The van der Waals surface area contributed by atoms with Gasteiger partial charge in [-0.15, -0.1) is 10.2 Å². The maximum Gasteiger partial charge on any atom is 0.316 e. The summed E-state index contributed by atoms with van der Waals surface area (Å²) in [7, 11) is 0. The van der Waals surface area contributed by atoms with E-state index in [4.69, 9.17) is 9.52 Å². The molecule has 0 aliphatic rings. The van der Waals surface area contributed by atoms with Crippen LogP contribution in [0.1, 0.15) is 6.92 Å². The Bertz CT molecular complexity index is 236. The number of nitrogens with zero attached hydrogens (tertiary/aromatic N) is 2. The highest BCUT2D eigenvalue weighted by Crippen LogP contribution is 2.19. The molecule has 1 heterocycles. The third-order valence-electron chi connectivity index (χ3n) is 0.965. The van der Waals surface area contributed by atoms with Gasteiger partial charge >= 0.3 is 5.97 Å². The van der Waals surface area contributed by atoms with Gasteiger partial charge in [-0.05, 0) is 6.92 Å². The molecule has 1 rings (SSSR count). The minimum absolute atomic E-state index is 0.278. The molecule has 1 unspecified atom stereocenters. The molecule has 0 radical (unpaired) electrons. The zero-order chi connectivity index (χ0) is 8.27. The van der Waals surface area contributed by atoms with Crippen LogP contribution >= 0.6 is 11.8 Å². The Morgan fingerprint density at radius 2 is 2.64 bits per heavy atom. The van der Waals surface area contributed by atoms with Gasteiger partial charge in [-0.25, -0.2) is 0 Å². The van der Waals surface area contributed by atoms with Gasteiger partial charge in [0.25, 0.3) is 5.22 Å². The molecule has 5 nitrogen and oxygen atoms in total. The maximum absolute atomic E-state index is 10.3. The fourth-order valence-corrected chi connectivity index (χ4v) is 1.01. The smallest absolute Gasteiger partial charge is 0.316 e. The zero-order valence-electron chi connectivity index (χ0n) is 5.72. The normalized spacial score (nSPS) is 12.8. The monoisotopic (exact) mass is 174 g/mol. The minimum Gasteiger partial charge on any atom is -0.480 e. The first-order valence-electron chi connectivity index (χ1n) is 2.86. The van der Waals surface area contributed by atoms with Crippen LogP contribution in [0.3, 0.4) is 0 Å². The third-order valence-corrected chi connectivity index (χ3v) is 1.90. The highest BCUT2D eigenvalue weighted by atomic mass is 32.2. The molecule has 0 aliphatic carbocycles. The molecule has 0 bridgehead atoms. The Balaban J connectivity index is 2.50. The van der Waals surface area contributed by atoms with Crippen LogP contribution in [0.2, 0.25) is 0 Å². The van der Waals surface area contributed by atoms with Gasteiger partial charge in [0.2, 0.25) is 6.39 Å². The van der Waals surface area contributed by atoms with E-state index in [0.29, 0.717) is 0 Å². The molecule has 6 heteroatoms. The molecule has 0 spiro atoms. The summed E-state index contributed by atoms with van der Waals surface area (Å²) < 4.78 is 4.73. The van der Waals surface area contributed by atoms with Crippen molar-refractivity contribution in [2.75, 3.05) is 0 Å². The molecule has 0 amide bonds. The van der Waals surface area contributed by atoms with Crippen LogP contribution in [-0.4, -0.2) is 26.5 Å². The SMILES string of the molecule is CC(Sc1nnco1)C(=O)O. The Morgan fingerprint density at radius 3 is 3.09 bits per heavy atom. The average molecular weight is 174 g/mol. The van der Waals surface area contributed by atoms with E-state index in [0.717, 1.165) is 18.2 Å². The Morgan fingerprint density at radius 1 is 1.91 bits per heavy atom. The van der Waals surface area contributed by atoms with Gasteiger partial charge in [-0.3, -0.25) is 4.79 Å². The van der Waals surface area contributed by atoms with Crippen molar-refractivity contribution in [1.82, 2.24) is 10.2 Å². The van der Waals surface area contributed by atoms with Crippen molar-refractivity contribution < 1.29 is 14.3 Å². The fraction of sp³-hybridized carbons (Fsp3) is 0.400. The van der Waals surface area contributed by atoms with Gasteiger partial charge in [0, 0.05) is 0 Å². The second kappa shape index (κ2) is 3.38. The maximum atomic E-state index is 10.3. The largest absolute Gasteiger partial charge is 0.480 e. The van der Waals surface area contributed by atoms with Gasteiger partial charge in [0.1, 0.15) is 5.25 Å². The Hall–Kier alpha value is -1.04. The van der Waals surface area contributed by atoms with Crippen molar-refractivity contribution in [3.63, 3.8) is 0 Å².